The van der Waals surface area contributed by atoms with E-state index in [1.54, 1.807) is 0 Å². The molecule has 6 atom stereocenters. The molecule has 17 nitrogen and oxygen atoms in total. The second kappa shape index (κ2) is 63.5. The number of aliphatic hydroxyl groups excluding tert-OH is 1. The van der Waals surface area contributed by atoms with Crippen molar-refractivity contribution in [3.05, 3.63) is 0 Å². The van der Waals surface area contributed by atoms with E-state index in [2.05, 4.69) is 55.4 Å². The monoisotopic (exact) mass is 1370 g/mol. The molecule has 0 aromatic carbocycles. The molecule has 0 aliphatic heterocycles. The number of unbranched alkanes of at least 4 members (excludes halogenated alkanes) is 36. The SMILES string of the molecule is CCC(C)CCCCCCCCC(=O)O[C@H](COC(=O)CCCCCCCCCCC(C)C)COP(=O)(O)OCC(O)COP(=O)(O)OC[C@@H](COC(=O)CCCCCCCCCCCCCCC(C)C)OC(=O)CCCCCCCCCCCCCCCCC(C)C. The number of carbonyl (C=O) groups excluding carboxylic acids is 4. The molecule has 0 amide bonds. The van der Waals surface area contributed by atoms with E-state index in [-0.39, 0.29) is 25.7 Å². The van der Waals surface area contributed by atoms with E-state index < -0.39 is 97.5 Å². The maximum atomic E-state index is 13.1. The van der Waals surface area contributed by atoms with E-state index in [1.807, 2.05) is 0 Å². The average Bonchev–Trinajstić information content (AvgIpc) is 3.00. The van der Waals surface area contributed by atoms with E-state index in [1.165, 1.54) is 173 Å². The second-order valence-electron chi connectivity index (χ2n) is 28.4. The van der Waals surface area contributed by atoms with Crippen LogP contribution in [0.4, 0.5) is 0 Å². The summed E-state index contributed by atoms with van der Waals surface area (Å²) in [5.41, 5.74) is 0. The van der Waals surface area contributed by atoms with Gasteiger partial charge in [0, 0.05) is 25.7 Å². The van der Waals surface area contributed by atoms with Gasteiger partial charge in [0.1, 0.15) is 19.3 Å². The minimum atomic E-state index is -4.96. The van der Waals surface area contributed by atoms with Crippen LogP contribution in [-0.4, -0.2) is 96.7 Å². The standard InChI is InChI=1S/C74H144O17P2/c1-9-67(8)53-45-37-32-33-41-49-57-74(79)91-70(61-85-72(77)55-47-39-30-25-24-28-36-44-52-66(6)7)63-89-93(82,83)87-59-68(75)58-86-92(80,81)88-62-69(60-84-71(76)54-46-38-29-22-18-15-14-17-21-27-35-43-51-65(4)5)90-73(78)56-48-40-31-23-19-13-11-10-12-16-20-26-34-42-50-64(2)3/h64-70,75H,9-63H2,1-8H3,(H,80,81)(H,82,83)/t67?,68?,69-,70-/m1/s1. The molecule has 0 spiro atoms. The van der Waals surface area contributed by atoms with Crippen LogP contribution in [0, 0.1) is 23.7 Å². The molecule has 0 saturated carbocycles. The zero-order valence-corrected chi connectivity index (χ0v) is 62.7. The molecule has 0 rings (SSSR count). The first-order valence-corrected chi connectivity index (χ1v) is 41.2. The predicted molar refractivity (Wildman–Crippen MR) is 377 cm³/mol. The topological polar surface area (TPSA) is 237 Å². The lowest BCUT2D eigenvalue weighted by Gasteiger charge is -2.21. The Labute approximate surface area is 568 Å². The highest BCUT2D eigenvalue weighted by atomic mass is 31.2. The summed E-state index contributed by atoms with van der Waals surface area (Å²) < 4.78 is 68.4. The molecule has 0 heterocycles. The molecule has 552 valence electrons. The summed E-state index contributed by atoms with van der Waals surface area (Å²) in [5, 5.41) is 10.6. The van der Waals surface area contributed by atoms with Crippen molar-refractivity contribution in [3.8, 4) is 0 Å². The molecule has 0 saturated heterocycles. The molecule has 0 bridgehead atoms. The van der Waals surface area contributed by atoms with Crippen molar-refractivity contribution in [2.45, 2.75) is 388 Å². The third-order valence-corrected chi connectivity index (χ3v) is 19.3. The molecule has 93 heavy (non-hydrogen) atoms. The average molecular weight is 1370 g/mol. The number of hydrogen-bond acceptors (Lipinski definition) is 15. The molecule has 0 radical (unpaired) electrons. The maximum absolute atomic E-state index is 13.1. The Bertz CT molecular complexity index is 1840. The Balaban J connectivity index is 5.25. The van der Waals surface area contributed by atoms with Crippen LogP contribution in [0.3, 0.4) is 0 Å². The van der Waals surface area contributed by atoms with Crippen LogP contribution >= 0.6 is 15.6 Å². The van der Waals surface area contributed by atoms with Gasteiger partial charge in [-0.1, -0.05) is 319 Å². The van der Waals surface area contributed by atoms with E-state index in [9.17, 15) is 43.2 Å². The Morgan fingerprint density at radius 3 is 0.763 bits per heavy atom. The first-order chi connectivity index (χ1) is 44.6. The van der Waals surface area contributed by atoms with Crippen molar-refractivity contribution in [3.63, 3.8) is 0 Å². The van der Waals surface area contributed by atoms with Gasteiger partial charge in [-0.2, -0.15) is 0 Å². The lowest BCUT2D eigenvalue weighted by Crippen LogP contribution is -2.30. The normalized spacial score (nSPS) is 14.5. The van der Waals surface area contributed by atoms with E-state index in [0.29, 0.717) is 25.7 Å². The number of hydrogen-bond donors (Lipinski definition) is 3. The van der Waals surface area contributed by atoms with Gasteiger partial charge in [-0.05, 0) is 49.4 Å². The molecule has 4 unspecified atom stereocenters. The summed E-state index contributed by atoms with van der Waals surface area (Å²) >= 11 is 0. The number of ether oxygens (including phenoxy) is 4. The fourth-order valence-corrected chi connectivity index (χ4v) is 12.7. The number of esters is 4. The molecular weight excluding hydrogens is 1220 g/mol. The quantitative estimate of drug-likeness (QED) is 0.0222. The minimum absolute atomic E-state index is 0.102. The fourth-order valence-electron chi connectivity index (χ4n) is 11.2. The lowest BCUT2D eigenvalue weighted by atomic mass is 10.00. The summed E-state index contributed by atoms with van der Waals surface area (Å²) in [5.74, 6) is 0.897. The van der Waals surface area contributed by atoms with Crippen molar-refractivity contribution < 1.29 is 80.2 Å². The highest BCUT2D eigenvalue weighted by molar-refractivity contribution is 7.47. The van der Waals surface area contributed by atoms with Gasteiger partial charge in [-0.15, -0.1) is 0 Å². The van der Waals surface area contributed by atoms with Gasteiger partial charge in [0.2, 0.25) is 0 Å². The van der Waals surface area contributed by atoms with Crippen LogP contribution in [-0.2, 0) is 65.4 Å². The molecular formula is C74H144O17P2. The summed E-state index contributed by atoms with van der Waals surface area (Å²) in [6.07, 6.45) is 47.3. The van der Waals surface area contributed by atoms with Gasteiger partial charge in [0.15, 0.2) is 12.2 Å². The van der Waals surface area contributed by atoms with Crippen LogP contribution in [0.5, 0.6) is 0 Å². The number of phosphoric ester groups is 2. The highest BCUT2D eigenvalue weighted by Gasteiger charge is 2.30. The van der Waals surface area contributed by atoms with Crippen LogP contribution in [0.2, 0.25) is 0 Å². The minimum Gasteiger partial charge on any atom is -0.462 e. The van der Waals surface area contributed by atoms with Crippen molar-refractivity contribution in [2.75, 3.05) is 39.6 Å². The van der Waals surface area contributed by atoms with Crippen LogP contribution < -0.4 is 0 Å². The number of rotatable bonds is 71. The third-order valence-electron chi connectivity index (χ3n) is 17.4. The summed E-state index contributed by atoms with van der Waals surface area (Å²) in [6, 6.07) is 0. The summed E-state index contributed by atoms with van der Waals surface area (Å²) in [7, 11) is -9.91. The van der Waals surface area contributed by atoms with Gasteiger partial charge < -0.3 is 33.8 Å². The molecule has 19 heteroatoms. The number of phosphoric acid groups is 2. The van der Waals surface area contributed by atoms with E-state index in [0.717, 1.165) is 114 Å². The van der Waals surface area contributed by atoms with Gasteiger partial charge in [-0.3, -0.25) is 37.3 Å². The van der Waals surface area contributed by atoms with Crippen LogP contribution in [0.15, 0.2) is 0 Å². The Kier molecular flexibility index (Phi) is 62.2. The van der Waals surface area contributed by atoms with Crippen molar-refractivity contribution in [2.24, 2.45) is 23.7 Å². The Morgan fingerprint density at radius 1 is 0.301 bits per heavy atom. The smallest absolute Gasteiger partial charge is 0.462 e. The van der Waals surface area contributed by atoms with Gasteiger partial charge in [-0.25, -0.2) is 9.13 Å². The first kappa shape index (κ1) is 91.1. The summed E-state index contributed by atoms with van der Waals surface area (Å²) in [4.78, 5) is 72.7. The van der Waals surface area contributed by atoms with Gasteiger partial charge in [0.25, 0.3) is 0 Å². The third kappa shape index (κ3) is 67.0. The van der Waals surface area contributed by atoms with Crippen molar-refractivity contribution in [1.82, 2.24) is 0 Å². The molecule has 0 aromatic rings. The number of carbonyl (C=O) groups is 4. The van der Waals surface area contributed by atoms with Crippen molar-refractivity contribution in [1.29, 1.82) is 0 Å². The molecule has 0 fully saturated rings. The van der Waals surface area contributed by atoms with Crippen LogP contribution in [0.1, 0.15) is 370 Å². The largest absolute Gasteiger partial charge is 0.472 e. The van der Waals surface area contributed by atoms with Gasteiger partial charge in [0.05, 0.1) is 26.4 Å². The van der Waals surface area contributed by atoms with E-state index in [4.69, 9.17) is 37.0 Å². The second-order valence-corrected chi connectivity index (χ2v) is 31.3. The Morgan fingerprint density at radius 2 is 0.516 bits per heavy atom. The van der Waals surface area contributed by atoms with E-state index >= 15 is 0 Å². The van der Waals surface area contributed by atoms with Gasteiger partial charge >= 0.3 is 39.5 Å². The molecule has 0 aliphatic carbocycles. The first-order valence-electron chi connectivity index (χ1n) is 38.2. The zero-order chi connectivity index (χ0) is 68.9. The maximum Gasteiger partial charge on any atom is 0.472 e. The summed E-state index contributed by atoms with van der Waals surface area (Å²) in [6.45, 7) is 14.1. The predicted octanol–water partition coefficient (Wildman–Crippen LogP) is 21.3. The van der Waals surface area contributed by atoms with Crippen molar-refractivity contribution >= 4 is 39.5 Å². The zero-order valence-electron chi connectivity index (χ0n) is 60.9. The molecule has 0 aromatic heterocycles. The highest BCUT2D eigenvalue weighted by Crippen LogP contribution is 2.45. The molecule has 3 N–H and O–H groups in total. The Hall–Kier alpha value is -1.94. The fraction of sp³-hybridized carbons (Fsp3) is 0.946. The number of aliphatic hydroxyl groups is 1. The molecule has 0 aliphatic rings. The van der Waals surface area contributed by atoms with Crippen LogP contribution in [0.25, 0.3) is 0 Å². The lowest BCUT2D eigenvalue weighted by molar-refractivity contribution is -0.161.